The van der Waals surface area contributed by atoms with Crippen molar-refractivity contribution in [3.63, 3.8) is 0 Å². The van der Waals surface area contributed by atoms with Crippen molar-refractivity contribution >= 4 is 22.7 Å². The van der Waals surface area contributed by atoms with Gasteiger partial charge in [-0.1, -0.05) is 6.07 Å². The standard InChI is InChI=1S/C21H25N3O2/c1-14-4-7-16-11-17(8-9-19(16)23-14)21(26)24-10-2-3-18(13-24)20(25)22-12-15-5-6-15/h4,7-9,11,15,18H,2-3,5-6,10,12-13H2,1H3,(H,22,25). The van der Waals surface area contributed by atoms with Crippen LogP contribution in [0.2, 0.25) is 0 Å². The maximum atomic E-state index is 12.9. The third-order valence-electron chi connectivity index (χ3n) is 5.42. The minimum Gasteiger partial charge on any atom is -0.356 e. The number of carbonyl (C=O) groups is 2. The van der Waals surface area contributed by atoms with Gasteiger partial charge in [0, 0.05) is 36.3 Å². The second kappa shape index (κ2) is 7.06. The number of hydrogen-bond donors (Lipinski definition) is 1. The highest BCUT2D eigenvalue weighted by molar-refractivity contribution is 5.98. The molecule has 0 radical (unpaired) electrons. The van der Waals surface area contributed by atoms with Crippen molar-refractivity contribution in [2.24, 2.45) is 11.8 Å². The summed E-state index contributed by atoms with van der Waals surface area (Å²) in [5.74, 6) is 0.700. The summed E-state index contributed by atoms with van der Waals surface area (Å²) < 4.78 is 0. The van der Waals surface area contributed by atoms with Gasteiger partial charge >= 0.3 is 0 Å². The summed E-state index contributed by atoms with van der Waals surface area (Å²) >= 11 is 0. The monoisotopic (exact) mass is 351 g/mol. The van der Waals surface area contributed by atoms with E-state index in [4.69, 9.17) is 0 Å². The van der Waals surface area contributed by atoms with E-state index in [1.807, 2.05) is 42.2 Å². The first-order valence-corrected chi connectivity index (χ1v) is 9.54. The number of rotatable bonds is 4. The largest absolute Gasteiger partial charge is 0.356 e. The van der Waals surface area contributed by atoms with E-state index >= 15 is 0 Å². The Morgan fingerprint density at radius 1 is 1.19 bits per heavy atom. The minimum absolute atomic E-state index is 0.00664. The third kappa shape index (κ3) is 3.71. The van der Waals surface area contributed by atoms with Crippen LogP contribution in [0.4, 0.5) is 0 Å². The number of aromatic nitrogens is 1. The molecule has 4 rings (SSSR count). The predicted octanol–water partition coefficient (Wildman–Crippen LogP) is 2.92. The fourth-order valence-corrected chi connectivity index (χ4v) is 3.63. The summed E-state index contributed by atoms with van der Waals surface area (Å²) in [6.07, 6.45) is 4.20. The molecule has 5 nitrogen and oxygen atoms in total. The fourth-order valence-electron chi connectivity index (χ4n) is 3.63. The van der Waals surface area contributed by atoms with Gasteiger partial charge in [0.05, 0.1) is 11.4 Å². The lowest BCUT2D eigenvalue weighted by Crippen LogP contribution is -2.45. The molecule has 1 aliphatic carbocycles. The van der Waals surface area contributed by atoms with Crippen LogP contribution >= 0.6 is 0 Å². The van der Waals surface area contributed by atoms with Crippen molar-refractivity contribution in [1.82, 2.24) is 15.2 Å². The normalized spacial score (nSPS) is 20.2. The number of pyridine rings is 1. The Labute approximate surface area is 153 Å². The Bertz CT molecular complexity index is 844. The summed E-state index contributed by atoms with van der Waals surface area (Å²) in [4.78, 5) is 31.6. The molecule has 1 N–H and O–H groups in total. The van der Waals surface area contributed by atoms with Crippen LogP contribution in [0.1, 0.15) is 41.7 Å². The molecule has 1 aliphatic heterocycles. The number of likely N-dealkylation sites (tertiary alicyclic amines) is 1. The summed E-state index contributed by atoms with van der Waals surface area (Å²) in [6, 6.07) is 9.60. The second-order valence-electron chi connectivity index (χ2n) is 7.64. The van der Waals surface area contributed by atoms with Gasteiger partial charge in [-0.25, -0.2) is 0 Å². The Morgan fingerprint density at radius 3 is 2.85 bits per heavy atom. The van der Waals surface area contributed by atoms with Gasteiger partial charge in [0.25, 0.3) is 5.91 Å². The van der Waals surface area contributed by atoms with Gasteiger partial charge in [-0.05, 0) is 62.8 Å². The van der Waals surface area contributed by atoms with Crippen molar-refractivity contribution in [3.05, 3.63) is 41.6 Å². The topological polar surface area (TPSA) is 62.3 Å². The molecule has 0 spiro atoms. The van der Waals surface area contributed by atoms with E-state index in [1.165, 1.54) is 12.8 Å². The average molecular weight is 351 g/mol. The van der Waals surface area contributed by atoms with Gasteiger partial charge in [0.2, 0.25) is 5.91 Å². The molecule has 2 fully saturated rings. The zero-order valence-electron chi connectivity index (χ0n) is 15.2. The molecule has 1 aromatic heterocycles. The lowest BCUT2D eigenvalue weighted by Gasteiger charge is -2.32. The minimum atomic E-state index is -0.0868. The average Bonchev–Trinajstić information content (AvgIpc) is 3.49. The van der Waals surface area contributed by atoms with E-state index in [2.05, 4.69) is 10.3 Å². The number of hydrogen-bond acceptors (Lipinski definition) is 3. The number of nitrogens with zero attached hydrogens (tertiary/aromatic N) is 2. The fraction of sp³-hybridized carbons (Fsp3) is 0.476. The van der Waals surface area contributed by atoms with E-state index in [1.54, 1.807) is 0 Å². The molecule has 5 heteroatoms. The van der Waals surface area contributed by atoms with Crippen molar-refractivity contribution in [3.8, 4) is 0 Å². The quantitative estimate of drug-likeness (QED) is 0.921. The zero-order chi connectivity index (χ0) is 18.1. The van der Waals surface area contributed by atoms with Crippen LogP contribution in [0.25, 0.3) is 10.9 Å². The van der Waals surface area contributed by atoms with Crippen LogP contribution in [0.15, 0.2) is 30.3 Å². The predicted molar refractivity (Wildman–Crippen MR) is 101 cm³/mol. The summed E-state index contributed by atoms with van der Waals surface area (Å²) in [5, 5.41) is 4.03. The van der Waals surface area contributed by atoms with Crippen LogP contribution in [-0.2, 0) is 4.79 Å². The van der Waals surface area contributed by atoms with Crippen molar-refractivity contribution in [2.45, 2.75) is 32.6 Å². The van der Waals surface area contributed by atoms with E-state index in [0.29, 0.717) is 18.0 Å². The number of nitrogens with one attached hydrogen (secondary N) is 1. The highest BCUT2D eigenvalue weighted by Gasteiger charge is 2.30. The highest BCUT2D eigenvalue weighted by atomic mass is 16.2. The zero-order valence-corrected chi connectivity index (χ0v) is 15.2. The molecule has 1 saturated carbocycles. The maximum absolute atomic E-state index is 12.9. The van der Waals surface area contributed by atoms with Crippen LogP contribution in [-0.4, -0.2) is 41.3 Å². The molecule has 0 bridgehead atoms. The molecule has 2 amide bonds. The smallest absolute Gasteiger partial charge is 0.253 e. The van der Waals surface area contributed by atoms with Crippen LogP contribution < -0.4 is 5.32 Å². The molecule has 136 valence electrons. The van der Waals surface area contributed by atoms with Crippen LogP contribution in [0.5, 0.6) is 0 Å². The molecule has 1 aromatic carbocycles. The molecular formula is C21H25N3O2. The summed E-state index contributed by atoms with van der Waals surface area (Å²) in [5.41, 5.74) is 2.53. The Kier molecular flexibility index (Phi) is 4.62. The Morgan fingerprint density at radius 2 is 2.04 bits per heavy atom. The van der Waals surface area contributed by atoms with E-state index in [0.717, 1.165) is 42.5 Å². The summed E-state index contributed by atoms with van der Waals surface area (Å²) in [7, 11) is 0. The van der Waals surface area contributed by atoms with Crippen molar-refractivity contribution < 1.29 is 9.59 Å². The van der Waals surface area contributed by atoms with Gasteiger partial charge in [-0.2, -0.15) is 0 Å². The lowest BCUT2D eigenvalue weighted by molar-refractivity contribution is -0.126. The number of amides is 2. The SMILES string of the molecule is Cc1ccc2cc(C(=O)N3CCCC(C(=O)NCC4CC4)C3)ccc2n1. The molecule has 26 heavy (non-hydrogen) atoms. The maximum Gasteiger partial charge on any atom is 0.253 e. The number of piperidine rings is 1. The lowest BCUT2D eigenvalue weighted by atomic mass is 9.96. The molecule has 1 unspecified atom stereocenters. The molecular weight excluding hydrogens is 326 g/mol. The Balaban J connectivity index is 1.44. The first-order valence-electron chi connectivity index (χ1n) is 9.54. The molecule has 2 heterocycles. The third-order valence-corrected chi connectivity index (χ3v) is 5.42. The molecule has 1 atom stereocenters. The van der Waals surface area contributed by atoms with Crippen LogP contribution in [0.3, 0.4) is 0 Å². The van der Waals surface area contributed by atoms with E-state index < -0.39 is 0 Å². The number of fused-ring (bicyclic) bond motifs is 1. The Hall–Kier alpha value is -2.43. The summed E-state index contributed by atoms with van der Waals surface area (Å²) in [6.45, 7) is 3.98. The highest BCUT2D eigenvalue weighted by Crippen LogP contribution is 2.28. The van der Waals surface area contributed by atoms with Crippen LogP contribution in [0, 0.1) is 18.8 Å². The van der Waals surface area contributed by atoms with Gasteiger partial charge in [-0.3, -0.25) is 14.6 Å². The second-order valence-corrected chi connectivity index (χ2v) is 7.64. The molecule has 2 aliphatic rings. The van der Waals surface area contributed by atoms with E-state index in [-0.39, 0.29) is 17.7 Å². The first kappa shape index (κ1) is 17.0. The van der Waals surface area contributed by atoms with Gasteiger partial charge in [-0.15, -0.1) is 0 Å². The number of aryl methyl sites for hydroxylation is 1. The number of benzene rings is 1. The molecule has 2 aromatic rings. The van der Waals surface area contributed by atoms with Gasteiger partial charge < -0.3 is 10.2 Å². The van der Waals surface area contributed by atoms with Crippen molar-refractivity contribution in [1.29, 1.82) is 0 Å². The van der Waals surface area contributed by atoms with E-state index in [9.17, 15) is 9.59 Å². The van der Waals surface area contributed by atoms with Crippen molar-refractivity contribution in [2.75, 3.05) is 19.6 Å². The van der Waals surface area contributed by atoms with Gasteiger partial charge in [0.15, 0.2) is 0 Å². The molecule has 1 saturated heterocycles. The van der Waals surface area contributed by atoms with Gasteiger partial charge in [0.1, 0.15) is 0 Å². The number of carbonyl (C=O) groups excluding carboxylic acids is 2. The first-order chi connectivity index (χ1) is 12.6.